The highest BCUT2D eigenvalue weighted by Gasteiger charge is 2.36. The third-order valence-corrected chi connectivity index (χ3v) is 7.89. The van der Waals surface area contributed by atoms with Crippen LogP contribution in [0.1, 0.15) is 90.6 Å². The fourth-order valence-electron chi connectivity index (χ4n) is 4.81. The molecule has 0 bridgehead atoms. The van der Waals surface area contributed by atoms with Crippen LogP contribution in [0.2, 0.25) is 0 Å². The molecule has 10 nitrogen and oxygen atoms in total. The minimum atomic E-state index is -4.66. The summed E-state index contributed by atoms with van der Waals surface area (Å²) in [6.45, 7) is 10.9. The van der Waals surface area contributed by atoms with E-state index in [-0.39, 0.29) is 43.8 Å². The molecule has 1 N–H and O–H groups in total. The van der Waals surface area contributed by atoms with E-state index in [2.05, 4.69) is 4.90 Å². The van der Waals surface area contributed by atoms with Crippen molar-refractivity contribution in [1.29, 1.82) is 0 Å². The summed E-state index contributed by atoms with van der Waals surface area (Å²) in [7, 11) is 7.47. The van der Waals surface area contributed by atoms with Crippen LogP contribution in [0.3, 0.4) is 0 Å². The molecular weight excluding hydrogens is 698 g/mol. The monoisotopic (exact) mass is 756 g/mol. The molecule has 2 heterocycles. The number of carboxylic acid groups (broad SMARTS) is 1. The molecule has 2 unspecified atom stereocenters. The molecule has 0 aromatic carbocycles. The molecule has 0 saturated carbocycles. The van der Waals surface area contributed by atoms with E-state index in [9.17, 15) is 50.6 Å². The Hall–Kier alpha value is -3.66. The lowest BCUT2D eigenvalue weighted by Gasteiger charge is -2.24. The largest absolute Gasteiger partial charge is 0.480 e. The third kappa shape index (κ3) is 18.2. The van der Waals surface area contributed by atoms with Crippen molar-refractivity contribution in [2.75, 3.05) is 47.9 Å². The van der Waals surface area contributed by atoms with Crippen molar-refractivity contribution in [3.05, 3.63) is 68.0 Å². The Bertz CT molecular complexity index is 1480. The second-order valence-electron chi connectivity index (χ2n) is 12.9. The smallest absolute Gasteiger partial charge is 0.416 e. The summed E-state index contributed by atoms with van der Waals surface area (Å²) in [4.78, 5) is 52.0. The molecule has 0 aliphatic rings. The Labute approximate surface area is 303 Å². The van der Waals surface area contributed by atoms with E-state index in [1.165, 1.54) is 4.57 Å². The molecular formula is C36H58F6N4O6. The maximum Gasteiger partial charge on any atom is 0.416 e. The van der Waals surface area contributed by atoms with Crippen molar-refractivity contribution in [2.45, 2.75) is 99.1 Å². The highest BCUT2D eigenvalue weighted by molar-refractivity contribution is 5.74. The summed E-state index contributed by atoms with van der Waals surface area (Å²) < 4.78 is 78.3. The minimum Gasteiger partial charge on any atom is -0.480 e. The predicted molar refractivity (Wildman–Crippen MR) is 191 cm³/mol. The quantitative estimate of drug-likeness (QED) is 0.154. The number of aliphatic carboxylic acids is 1. The Morgan fingerprint density at radius 1 is 0.808 bits per heavy atom. The van der Waals surface area contributed by atoms with Gasteiger partial charge < -0.3 is 28.8 Å². The number of rotatable bonds is 15. The molecule has 2 rings (SSSR count). The SMILES string of the molecule is C.CC(F)(F)F.CCOC(=O)C([C@H](C)CC)n1cc(CCN(C)C)ccc1=O.CC[C@@H](C)C(C(=O)O)n1cc(CCN(C)C)c(C(F)(F)F)cc1=O. The predicted octanol–water partition coefficient (Wildman–Crippen LogP) is 6.95. The van der Waals surface area contributed by atoms with Crippen LogP contribution in [0.5, 0.6) is 0 Å². The van der Waals surface area contributed by atoms with Crippen LogP contribution in [0, 0.1) is 11.8 Å². The first kappa shape index (κ1) is 50.4. The van der Waals surface area contributed by atoms with E-state index in [0.717, 1.165) is 35.7 Å². The zero-order chi connectivity index (χ0) is 39.9. The number of hydrogen-bond acceptors (Lipinski definition) is 7. The summed E-state index contributed by atoms with van der Waals surface area (Å²) in [6.07, 6.45) is -3.61. The Morgan fingerprint density at radius 3 is 1.69 bits per heavy atom. The molecule has 0 amide bonds. The maximum atomic E-state index is 13.2. The molecule has 2 aromatic rings. The molecule has 0 fully saturated rings. The van der Waals surface area contributed by atoms with Crippen molar-refractivity contribution in [2.24, 2.45) is 11.8 Å². The van der Waals surface area contributed by atoms with E-state index in [1.807, 2.05) is 34.0 Å². The number of hydrogen-bond donors (Lipinski definition) is 1. The summed E-state index contributed by atoms with van der Waals surface area (Å²) >= 11 is 0. The fraction of sp³-hybridized carbons (Fsp3) is 0.667. The van der Waals surface area contributed by atoms with Gasteiger partial charge in [0.15, 0.2) is 0 Å². The Kier molecular flexibility index (Phi) is 22.4. The van der Waals surface area contributed by atoms with Gasteiger partial charge in [0.2, 0.25) is 0 Å². The maximum absolute atomic E-state index is 13.2. The summed E-state index contributed by atoms with van der Waals surface area (Å²) in [5.74, 6) is -1.91. The number of ether oxygens (including phenoxy) is 1. The second-order valence-corrected chi connectivity index (χ2v) is 12.9. The average molecular weight is 757 g/mol. The van der Waals surface area contributed by atoms with Crippen LogP contribution >= 0.6 is 0 Å². The van der Waals surface area contributed by atoms with Crippen molar-refractivity contribution in [3.8, 4) is 0 Å². The van der Waals surface area contributed by atoms with E-state index >= 15 is 0 Å². The van der Waals surface area contributed by atoms with Gasteiger partial charge >= 0.3 is 24.3 Å². The first-order valence-corrected chi connectivity index (χ1v) is 16.7. The highest BCUT2D eigenvalue weighted by Crippen LogP contribution is 2.32. The van der Waals surface area contributed by atoms with Crippen molar-refractivity contribution in [1.82, 2.24) is 18.9 Å². The van der Waals surface area contributed by atoms with Gasteiger partial charge in [0.25, 0.3) is 11.1 Å². The lowest BCUT2D eigenvalue weighted by Crippen LogP contribution is -2.35. The van der Waals surface area contributed by atoms with E-state index in [4.69, 9.17) is 4.74 Å². The van der Waals surface area contributed by atoms with Crippen LogP contribution in [0.4, 0.5) is 26.3 Å². The second kappa shape index (κ2) is 23.1. The van der Waals surface area contributed by atoms with Gasteiger partial charge in [-0.15, -0.1) is 0 Å². The van der Waals surface area contributed by atoms with Gasteiger partial charge in [0, 0.05) is 44.5 Å². The molecule has 0 aliphatic carbocycles. The molecule has 0 spiro atoms. The molecule has 4 atom stereocenters. The Balaban J connectivity index is 0. The number of halogens is 6. The van der Waals surface area contributed by atoms with Crippen LogP contribution in [0.15, 0.2) is 40.2 Å². The zero-order valence-electron chi connectivity index (χ0n) is 31.2. The topological polar surface area (TPSA) is 114 Å². The van der Waals surface area contributed by atoms with Gasteiger partial charge in [-0.05, 0) is 70.9 Å². The van der Waals surface area contributed by atoms with Gasteiger partial charge in [0.1, 0.15) is 12.1 Å². The summed E-state index contributed by atoms with van der Waals surface area (Å²) in [5, 5.41) is 9.40. The van der Waals surface area contributed by atoms with Gasteiger partial charge in [-0.3, -0.25) is 9.59 Å². The van der Waals surface area contributed by atoms with E-state index in [1.54, 1.807) is 52.0 Å². The zero-order valence-corrected chi connectivity index (χ0v) is 31.2. The fourth-order valence-corrected chi connectivity index (χ4v) is 4.81. The van der Waals surface area contributed by atoms with Crippen molar-refractivity contribution in [3.63, 3.8) is 0 Å². The van der Waals surface area contributed by atoms with Gasteiger partial charge in [0.05, 0.1) is 12.2 Å². The van der Waals surface area contributed by atoms with Crippen LogP contribution in [-0.4, -0.2) is 90.0 Å². The van der Waals surface area contributed by atoms with E-state index < -0.39 is 47.4 Å². The number of carbonyl (C=O) groups excluding carboxylic acids is 1. The molecule has 0 aliphatic heterocycles. The highest BCUT2D eigenvalue weighted by atomic mass is 19.4. The number of nitrogens with zero attached hydrogens (tertiary/aromatic N) is 4. The summed E-state index contributed by atoms with van der Waals surface area (Å²) in [6, 6.07) is 2.13. The molecule has 52 heavy (non-hydrogen) atoms. The van der Waals surface area contributed by atoms with Crippen molar-refractivity contribution < 1.29 is 45.8 Å². The lowest BCUT2D eigenvalue weighted by atomic mass is 9.98. The lowest BCUT2D eigenvalue weighted by molar-refractivity contribution is -0.149. The number of pyridine rings is 2. The summed E-state index contributed by atoms with van der Waals surface area (Å²) in [5.41, 5.74) is -1.15. The number of carboxylic acids is 1. The van der Waals surface area contributed by atoms with Gasteiger partial charge in [-0.2, -0.15) is 26.3 Å². The minimum absolute atomic E-state index is 0. The third-order valence-electron chi connectivity index (χ3n) is 7.89. The van der Waals surface area contributed by atoms with Gasteiger partial charge in [-0.25, -0.2) is 9.59 Å². The van der Waals surface area contributed by atoms with Crippen LogP contribution in [0.25, 0.3) is 0 Å². The number of carbonyl (C=O) groups is 2. The molecule has 2 aromatic heterocycles. The number of aromatic nitrogens is 2. The molecule has 300 valence electrons. The number of esters is 1. The molecule has 16 heteroatoms. The normalized spacial score (nSPS) is 13.8. The van der Waals surface area contributed by atoms with E-state index in [0.29, 0.717) is 25.6 Å². The average Bonchev–Trinajstić information content (AvgIpc) is 3.00. The van der Waals surface area contributed by atoms with Crippen LogP contribution < -0.4 is 11.1 Å². The van der Waals surface area contributed by atoms with Gasteiger partial charge in [-0.1, -0.05) is 54.0 Å². The van der Waals surface area contributed by atoms with Crippen LogP contribution in [-0.2, 0) is 33.3 Å². The molecule has 0 saturated heterocycles. The first-order valence-electron chi connectivity index (χ1n) is 16.7. The Morgan fingerprint density at radius 2 is 1.27 bits per heavy atom. The first-order chi connectivity index (χ1) is 23.4. The van der Waals surface area contributed by atoms with Crippen molar-refractivity contribution >= 4 is 11.9 Å². The molecule has 0 radical (unpaired) electrons. The number of alkyl halides is 6. The number of likely N-dealkylation sites (N-methyl/N-ethyl adjacent to an activating group) is 2. The standard InChI is InChI=1S/C17H28N2O3.C16H23F3N2O3.C2H3F3.CH4/c1-6-13(3)16(17(21)22-7-2)19-12-14(8-9-15(19)20)10-11-18(4)5;1-5-10(2)14(15(23)24)21-9-11(6-7-20(3)4)12(8-13(21)22)16(17,18)19;1-2(3,4)5;/h8-9,12-13,16H,6-7,10-11H2,1-5H3;8-10,14H,5-7H2,1-4H3,(H,23,24);1H3;1H4/t13-,16?;10-,14?;;/m11../s1.